The topological polar surface area (TPSA) is 87.3 Å². The molecule has 45 heavy (non-hydrogen) atoms. The van der Waals surface area contributed by atoms with Crippen LogP contribution in [0.1, 0.15) is 34.8 Å². The second-order valence-corrected chi connectivity index (χ2v) is 11.7. The number of alkyl halides is 3. The fourth-order valence-electron chi connectivity index (χ4n) is 4.10. The molecule has 3 amide bonds. The quantitative estimate of drug-likeness (QED) is 0.116. The molecule has 4 aromatic carbocycles. The van der Waals surface area contributed by atoms with E-state index in [0.29, 0.717) is 33.2 Å². The number of amides is 3. The Morgan fingerprint density at radius 3 is 2.27 bits per heavy atom. The number of carbonyl (C=O) groups excluding carboxylic acids is 3. The molecule has 0 saturated carbocycles. The van der Waals surface area contributed by atoms with Crippen molar-refractivity contribution in [1.82, 2.24) is 5.32 Å². The predicted molar refractivity (Wildman–Crippen MR) is 173 cm³/mol. The number of benzene rings is 4. The number of carbonyl (C=O) groups is 3. The molecule has 1 atom stereocenters. The standard InChI is InChI=1S/C33H26Cl2F3N3O3S/c1-2-29(32(44)40-27-16-15-22(34)18-25(27)33(36,37)38)45-24-13-8-12-23(19-24)39-31(43)28(17-21-11-6-7-14-26(21)35)41-30(42)20-9-4-3-5-10-20/h3-19,29H,2H2,1H3,(H,39,43)(H,40,44)(H,41,42)/b28-17+. The van der Waals surface area contributed by atoms with Crippen molar-refractivity contribution in [3.05, 3.63) is 129 Å². The Balaban J connectivity index is 1.52. The zero-order valence-corrected chi connectivity index (χ0v) is 26.0. The number of hydrogen-bond acceptors (Lipinski definition) is 4. The number of hydrogen-bond donors (Lipinski definition) is 3. The highest BCUT2D eigenvalue weighted by Gasteiger charge is 2.34. The molecular formula is C33H26Cl2F3N3O3S. The Kier molecular flexibility index (Phi) is 11.3. The molecule has 12 heteroatoms. The Hall–Kier alpha value is -4.25. The molecule has 0 heterocycles. The highest BCUT2D eigenvalue weighted by Crippen LogP contribution is 2.37. The monoisotopic (exact) mass is 671 g/mol. The molecule has 0 aliphatic heterocycles. The van der Waals surface area contributed by atoms with Crippen LogP contribution >= 0.6 is 35.0 Å². The summed E-state index contributed by atoms with van der Waals surface area (Å²) in [6, 6.07) is 24.9. The summed E-state index contributed by atoms with van der Waals surface area (Å²) in [6.07, 6.45) is -2.95. The van der Waals surface area contributed by atoms with Crippen molar-refractivity contribution >= 4 is 70.1 Å². The molecule has 0 saturated heterocycles. The Morgan fingerprint density at radius 1 is 0.867 bits per heavy atom. The minimum absolute atomic E-state index is 0.0655. The van der Waals surface area contributed by atoms with Crippen LogP contribution in [0.2, 0.25) is 10.0 Å². The third kappa shape index (κ3) is 9.37. The molecule has 232 valence electrons. The summed E-state index contributed by atoms with van der Waals surface area (Å²) in [6.45, 7) is 1.73. The first-order valence-electron chi connectivity index (χ1n) is 13.5. The van der Waals surface area contributed by atoms with E-state index in [4.69, 9.17) is 23.2 Å². The first kappa shape index (κ1) is 33.6. The maximum absolute atomic E-state index is 13.5. The maximum Gasteiger partial charge on any atom is 0.418 e. The van der Waals surface area contributed by atoms with Gasteiger partial charge in [-0.1, -0.05) is 72.6 Å². The van der Waals surface area contributed by atoms with Gasteiger partial charge in [0.25, 0.3) is 11.8 Å². The van der Waals surface area contributed by atoms with Gasteiger partial charge in [-0.05, 0) is 72.7 Å². The molecule has 3 N–H and O–H groups in total. The minimum atomic E-state index is -4.71. The summed E-state index contributed by atoms with van der Waals surface area (Å²) in [5.41, 5.74) is -0.299. The highest BCUT2D eigenvalue weighted by molar-refractivity contribution is 8.00. The SMILES string of the molecule is CCC(Sc1cccc(NC(=O)/C(=C\c2ccccc2Cl)NC(=O)c2ccccc2)c1)C(=O)Nc1ccc(Cl)cc1C(F)(F)F. The van der Waals surface area contributed by atoms with Gasteiger partial charge in [-0.2, -0.15) is 13.2 Å². The van der Waals surface area contributed by atoms with Crippen LogP contribution in [0.4, 0.5) is 24.5 Å². The van der Waals surface area contributed by atoms with Crippen molar-refractivity contribution in [3.8, 4) is 0 Å². The number of thioether (sulfide) groups is 1. The fraction of sp³-hybridized carbons (Fsp3) is 0.121. The molecule has 1 unspecified atom stereocenters. The van der Waals surface area contributed by atoms with Crippen LogP contribution in [-0.4, -0.2) is 23.0 Å². The first-order chi connectivity index (χ1) is 21.4. The lowest BCUT2D eigenvalue weighted by Crippen LogP contribution is -2.30. The second kappa shape index (κ2) is 15.2. The van der Waals surface area contributed by atoms with Crippen molar-refractivity contribution in [2.45, 2.75) is 29.7 Å². The predicted octanol–water partition coefficient (Wildman–Crippen LogP) is 8.93. The smallest absolute Gasteiger partial charge is 0.325 e. The van der Waals surface area contributed by atoms with Gasteiger partial charge < -0.3 is 16.0 Å². The van der Waals surface area contributed by atoms with Gasteiger partial charge in [-0.25, -0.2) is 0 Å². The zero-order chi connectivity index (χ0) is 32.6. The lowest BCUT2D eigenvalue weighted by Gasteiger charge is -2.18. The molecule has 0 spiro atoms. The summed E-state index contributed by atoms with van der Waals surface area (Å²) in [7, 11) is 0. The minimum Gasteiger partial charge on any atom is -0.325 e. The van der Waals surface area contributed by atoms with Crippen molar-refractivity contribution in [2.75, 3.05) is 10.6 Å². The van der Waals surface area contributed by atoms with Crippen LogP contribution < -0.4 is 16.0 Å². The molecule has 0 aromatic heterocycles. The van der Waals surface area contributed by atoms with Gasteiger partial charge >= 0.3 is 6.18 Å². The van der Waals surface area contributed by atoms with E-state index >= 15 is 0 Å². The Morgan fingerprint density at radius 2 is 1.58 bits per heavy atom. The average Bonchev–Trinajstić information content (AvgIpc) is 3.01. The van der Waals surface area contributed by atoms with E-state index < -0.39 is 40.4 Å². The van der Waals surface area contributed by atoms with E-state index in [2.05, 4.69) is 16.0 Å². The number of nitrogens with one attached hydrogen (secondary N) is 3. The third-order valence-corrected chi connectivity index (χ3v) is 8.25. The molecule has 0 aliphatic carbocycles. The van der Waals surface area contributed by atoms with Gasteiger partial charge in [-0.3, -0.25) is 14.4 Å². The molecule has 6 nitrogen and oxygen atoms in total. The van der Waals surface area contributed by atoms with Crippen molar-refractivity contribution in [1.29, 1.82) is 0 Å². The second-order valence-electron chi connectivity index (χ2n) is 9.57. The van der Waals surface area contributed by atoms with E-state index in [1.165, 1.54) is 12.1 Å². The molecule has 0 radical (unpaired) electrons. The van der Waals surface area contributed by atoms with Gasteiger partial charge in [0.1, 0.15) is 5.70 Å². The molecule has 0 fully saturated rings. The van der Waals surface area contributed by atoms with Gasteiger partial charge in [0.2, 0.25) is 5.91 Å². The lowest BCUT2D eigenvalue weighted by atomic mass is 10.1. The summed E-state index contributed by atoms with van der Waals surface area (Å²) in [5.74, 6) is -1.76. The van der Waals surface area contributed by atoms with Gasteiger partial charge in [0.15, 0.2) is 0 Å². The Bertz CT molecular complexity index is 1730. The van der Waals surface area contributed by atoms with Crippen LogP contribution in [0.25, 0.3) is 6.08 Å². The van der Waals surface area contributed by atoms with Crippen molar-refractivity contribution < 1.29 is 27.6 Å². The molecular weight excluding hydrogens is 646 g/mol. The normalized spacial score (nSPS) is 12.3. The zero-order valence-electron chi connectivity index (χ0n) is 23.6. The van der Waals surface area contributed by atoms with Crippen LogP contribution in [0, 0.1) is 0 Å². The summed E-state index contributed by atoms with van der Waals surface area (Å²) < 4.78 is 40.6. The van der Waals surface area contributed by atoms with E-state index in [1.807, 2.05) is 0 Å². The van der Waals surface area contributed by atoms with Crippen LogP contribution in [0.3, 0.4) is 0 Å². The summed E-state index contributed by atoms with van der Waals surface area (Å²) in [4.78, 5) is 39.9. The maximum atomic E-state index is 13.5. The van der Waals surface area contributed by atoms with Crippen LogP contribution in [0.5, 0.6) is 0 Å². The highest BCUT2D eigenvalue weighted by atomic mass is 35.5. The number of anilines is 2. The number of halogens is 5. The van der Waals surface area contributed by atoms with Crippen molar-refractivity contribution in [3.63, 3.8) is 0 Å². The number of rotatable bonds is 10. The molecule has 0 bridgehead atoms. The van der Waals surface area contributed by atoms with E-state index in [9.17, 15) is 27.6 Å². The van der Waals surface area contributed by atoms with Crippen LogP contribution in [0.15, 0.2) is 108 Å². The summed E-state index contributed by atoms with van der Waals surface area (Å²) >= 11 is 13.2. The molecule has 4 rings (SSSR count). The molecule has 0 aliphatic rings. The van der Waals surface area contributed by atoms with Crippen LogP contribution in [-0.2, 0) is 15.8 Å². The average molecular weight is 673 g/mol. The first-order valence-corrected chi connectivity index (χ1v) is 15.2. The van der Waals surface area contributed by atoms with Gasteiger partial charge in [0.05, 0.1) is 16.5 Å². The Labute approximate surface area is 272 Å². The van der Waals surface area contributed by atoms with Crippen molar-refractivity contribution in [2.24, 2.45) is 0 Å². The summed E-state index contributed by atoms with van der Waals surface area (Å²) in [5, 5.41) is 7.28. The van der Waals surface area contributed by atoms with E-state index in [-0.39, 0.29) is 10.7 Å². The van der Waals surface area contributed by atoms with Gasteiger partial charge in [-0.15, -0.1) is 11.8 Å². The van der Waals surface area contributed by atoms with Gasteiger partial charge in [0, 0.05) is 26.2 Å². The van der Waals surface area contributed by atoms with E-state index in [1.54, 1.807) is 85.8 Å². The molecule has 4 aromatic rings. The lowest BCUT2D eigenvalue weighted by molar-refractivity contribution is -0.137. The van der Waals surface area contributed by atoms with E-state index in [0.717, 1.165) is 23.9 Å². The largest absolute Gasteiger partial charge is 0.418 e. The third-order valence-electron chi connectivity index (χ3n) is 6.31. The fourth-order valence-corrected chi connectivity index (χ4v) is 5.47.